The normalized spacial score (nSPS) is 13.2. The van der Waals surface area contributed by atoms with E-state index >= 15 is 0 Å². The molecule has 2 N–H and O–H groups in total. The van der Waals surface area contributed by atoms with E-state index in [2.05, 4.69) is 0 Å². The van der Waals surface area contributed by atoms with Gasteiger partial charge in [0.2, 0.25) is 0 Å². The predicted octanol–water partition coefficient (Wildman–Crippen LogP) is 4.09. The first kappa shape index (κ1) is 14.5. The zero-order valence-electron chi connectivity index (χ0n) is 10.5. The summed E-state index contributed by atoms with van der Waals surface area (Å²) in [6.07, 6.45) is -4.46. The van der Waals surface area contributed by atoms with Crippen LogP contribution in [0.5, 0.6) is 0 Å². The van der Waals surface area contributed by atoms with Gasteiger partial charge in [-0.25, -0.2) is 4.39 Å². The van der Waals surface area contributed by atoms with Gasteiger partial charge >= 0.3 is 6.18 Å². The summed E-state index contributed by atoms with van der Waals surface area (Å²) in [6.45, 7) is 0. The number of hydrogen-bond donors (Lipinski definition) is 1. The third-order valence-corrected chi connectivity index (χ3v) is 3.06. The summed E-state index contributed by atoms with van der Waals surface area (Å²) in [5, 5.41) is 0. The summed E-state index contributed by atoms with van der Waals surface area (Å²) in [4.78, 5) is 0. The second-order valence-electron chi connectivity index (χ2n) is 4.49. The first-order valence-corrected chi connectivity index (χ1v) is 6.04. The zero-order valence-corrected chi connectivity index (χ0v) is 10.5. The molecule has 0 aromatic heterocycles. The van der Waals surface area contributed by atoms with Gasteiger partial charge in [-0.3, -0.25) is 0 Å². The minimum Gasteiger partial charge on any atom is -0.324 e. The largest absolute Gasteiger partial charge is 0.416 e. The molecule has 0 spiro atoms. The SMILES string of the molecule is NC(Cc1ccccc1F)c1ccccc1C(F)(F)F. The summed E-state index contributed by atoms with van der Waals surface area (Å²) in [6, 6.07) is 10.1. The molecule has 1 unspecified atom stereocenters. The fraction of sp³-hybridized carbons (Fsp3) is 0.200. The van der Waals surface area contributed by atoms with E-state index in [0.717, 1.165) is 6.07 Å². The van der Waals surface area contributed by atoms with Gasteiger partial charge in [0.1, 0.15) is 5.82 Å². The third-order valence-electron chi connectivity index (χ3n) is 3.06. The van der Waals surface area contributed by atoms with E-state index in [1.807, 2.05) is 0 Å². The fourth-order valence-corrected chi connectivity index (χ4v) is 2.09. The Bertz CT molecular complexity index is 592. The molecular formula is C15H13F4N. The Balaban J connectivity index is 2.31. The maximum absolute atomic E-state index is 13.5. The highest BCUT2D eigenvalue weighted by atomic mass is 19.4. The molecule has 106 valence electrons. The fourth-order valence-electron chi connectivity index (χ4n) is 2.09. The maximum Gasteiger partial charge on any atom is 0.416 e. The Labute approximate surface area is 114 Å². The molecule has 2 rings (SSSR count). The van der Waals surface area contributed by atoms with Crippen molar-refractivity contribution in [2.45, 2.75) is 18.6 Å². The lowest BCUT2D eigenvalue weighted by atomic mass is 9.95. The minimum absolute atomic E-state index is 0.0137. The van der Waals surface area contributed by atoms with Gasteiger partial charge in [-0.05, 0) is 29.7 Å². The van der Waals surface area contributed by atoms with Crippen molar-refractivity contribution in [3.8, 4) is 0 Å². The summed E-state index contributed by atoms with van der Waals surface area (Å²) >= 11 is 0. The molecule has 0 heterocycles. The molecule has 0 saturated heterocycles. The molecule has 0 bridgehead atoms. The van der Waals surface area contributed by atoms with E-state index in [-0.39, 0.29) is 12.0 Å². The lowest BCUT2D eigenvalue weighted by molar-refractivity contribution is -0.138. The van der Waals surface area contributed by atoms with Gasteiger partial charge in [-0.1, -0.05) is 36.4 Å². The molecule has 0 saturated carbocycles. The molecule has 0 aliphatic rings. The van der Waals surface area contributed by atoms with E-state index < -0.39 is 23.6 Å². The highest BCUT2D eigenvalue weighted by molar-refractivity contribution is 5.33. The summed E-state index contributed by atoms with van der Waals surface area (Å²) in [5.74, 6) is -0.465. The Morgan fingerprint density at radius 2 is 1.55 bits per heavy atom. The number of rotatable bonds is 3. The van der Waals surface area contributed by atoms with E-state index in [1.165, 1.54) is 36.4 Å². The smallest absolute Gasteiger partial charge is 0.324 e. The van der Waals surface area contributed by atoms with Gasteiger partial charge < -0.3 is 5.73 Å². The average Bonchev–Trinajstić information content (AvgIpc) is 2.40. The van der Waals surface area contributed by atoms with Crippen molar-refractivity contribution < 1.29 is 17.6 Å². The zero-order chi connectivity index (χ0) is 14.8. The molecule has 2 aromatic carbocycles. The van der Waals surface area contributed by atoms with Crippen LogP contribution in [0.25, 0.3) is 0 Å². The van der Waals surface area contributed by atoms with Crippen molar-refractivity contribution in [1.29, 1.82) is 0 Å². The van der Waals surface area contributed by atoms with Gasteiger partial charge in [0.05, 0.1) is 5.56 Å². The third kappa shape index (κ3) is 3.17. The Morgan fingerprint density at radius 1 is 0.950 bits per heavy atom. The minimum atomic E-state index is -4.47. The van der Waals surface area contributed by atoms with Crippen LogP contribution in [0.1, 0.15) is 22.7 Å². The van der Waals surface area contributed by atoms with E-state index in [0.29, 0.717) is 5.56 Å². The van der Waals surface area contributed by atoms with Crippen LogP contribution < -0.4 is 5.73 Å². The molecule has 0 radical (unpaired) electrons. The van der Waals surface area contributed by atoms with Crippen LogP contribution in [0.15, 0.2) is 48.5 Å². The monoisotopic (exact) mass is 283 g/mol. The Kier molecular flexibility index (Phi) is 4.09. The highest BCUT2D eigenvalue weighted by Gasteiger charge is 2.34. The molecule has 2 aromatic rings. The molecule has 0 aliphatic carbocycles. The van der Waals surface area contributed by atoms with Crippen molar-refractivity contribution in [3.63, 3.8) is 0 Å². The van der Waals surface area contributed by atoms with Gasteiger partial charge in [0.15, 0.2) is 0 Å². The van der Waals surface area contributed by atoms with Gasteiger partial charge in [0, 0.05) is 6.04 Å². The lowest BCUT2D eigenvalue weighted by Gasteiger charge is -2.18. The number of benzene rings is 2. The number of halogens is 4. The second kappa shape index (κ2) is 5.63. The van der Waals surface area contributed by atoms with Crippen LogP contribution >= 0.6 is 0 Å². The van der Waals surface area contributed by atoms with Crippen molar-refractivity contribution >= 4 is 0 Å². The highest BCUT2D eigenvalue weighted by Crippen LogP contribution is 2.34. The number of nitrogens with two attached hydrogens (primary N) is 1. The van der Waals surface area contributed by atoms with Crippen LogP contribution in [0.3, 0.4) is 0 Å². The van der Waals surface area contributed by atoms with Crippen LogP contribution in [0.4, 0.5) is 17.6 Å². The average molecular weight is 283 g/mol. The topological polar surface area (TPSA) is 26.0 Å². The summed E-state index contributed by atoms with van der Waals surface area (Å²) in [5.41, 5.74) is 5.33. The van der Waals surface area contributed by atoms with Crippen molar-refractivity contribution in [3.05, 3.63) is 71.0 Å². The molecule has 5 heteroatoms. The van der Waals surface area contributed by atoms with Gasteiger partial charge in [-0.2, -0.15) is 13.2 Å². The van der Waals surface area contributed by atoms with Crippen LogP contribution in [-0.4, -0.2) is 0 Å². The maximum atomic E-state index is 13.5. The lowest BCUT2D eigenvalue weighted by Crippen LogP contribution is -2.19. The molecule has 0 fully saturated rings. The van der Waals surface area contributed by atoms with E-state index in [9.17, 15) is 17.6 Å². The predicted molar refractivity (Wildman–Crippen MR) is 68.5 cm³/mol. The molecule has 1 nitrogen and oxygen atoms in total. The van der Waals surface area contributed by atoms with Crippen LogP contribution in [0, 0.1) is 5.82 Å². The molecule has 0 aliphatic heterocycles. The summed E-state index contributed by atoms with van der Waals surface area (Å²) in [7, 11) is 0. The number of hydrogen-bond acceptors (Lipinski definition) is 1. The van der Waals surface area contributed by atoms with Crippen LogP contribution in [-0.2, 0) is 12.6 Å². The molecular weight excluding hydrogens is 270 g/mol. The van der Waals surface area contributed by atoms with E-state index in [4.69, 9.17) is 5.73 Å². The molecule has 0 amide bonds. The first-order valence-electron chi connectivity index (χ1n) is 6.04. The van der Waals surface area contributed by atoms with E-state index in [1.54, 1.807) is 6.07 Å². The molecule has 20 heavy (non-hydrogen) atoms. The quantitative estimate of drug-likeness (QED) is 0.844. The van der Waals surface area contributed by atoms with Gasteiger partial charge in [-0.15, -0.1) is 0 Å². The van der Waals surface area contributed by atoms with Gasteiger partial charge in [0.25, 0.3) is 0 Å². The summed E-state index contributed by atoms with van der Waals surface area (Å²) < 4.78 is 52.2. The van der Waals surface area contributed by atoms with Crippen LogP contribution in [0.2, 0.25) is 0 Å². The number of alkyl halides is 3. The molecule has 1 atom stereocenters. The van der Waals surface area contributed by atoms with Crippen molar-refractivity contribution in [2.24, 2.45) is 5.73 Å². The standard InChI is InChI=1S/C15H13F4N/c16-13-8-4-1-5-10(13)9-14(20)11-6-2-3-7-12(11)15(17,18)19/h1-8,14H,9,20H2. The Hall–Kier alpha value is -1.88. The van der Waals surface area contributed by atoms with Crippen molar-refractivity contribution in [2.75, 3.05) is 0 Å². The second-order valence-corrected chi connectivity index (χ2v) is 4.49. The van der Waals surface area contributed by atoms with Crippen molar-refractivity contribution in [1.82, 2.24) is 0 Å². The first-order chi connectivity index (χ1) is 9.39. The Morgan fingerprint density at radius 3 is 2.20 bits per heavy atom.